The summed E-state index contributed by atoms with van der Waals surface area (Å²) in [6, 6.07) is 0. The minimum Gasteiger partial charge on any atom is -0.481 e. The quantitative estimate of drug-likeness (QED) is 0.470. The zero-order valence-corrected chi connectivity index (χ0v) is 9.69. The van der Waals surface area contributed by atoms with Crippen molar-refractivity contribution in [2.24, 2.45) is 5.92 Å². The van der Waals surface area contributed by atoms with Crippen LogP contribution in [-0.4, -0.2) is 22.2 Å². The Kier molecular flexibility index (Phi) is 8.21. The molecule has 0 saturated carbocycles. The van der Waals surface area contributed by atoms with Crippen molar-refractivity contribution < 1.29 is 19.8 Å². The summed E-state index contributed by atoms with van der Waals surface area (Å²) in [5, 5.41) is 17.3. The fourth-order valence-corrected chi connectivity index (χ4v) is 1.38. The van der Waals surface area contributed by atoms with E-state index in [4.69, 9.17) is 10.2 Å². The van der Waals surface area contributed by atoms with Gasteiger partial charge in [0.25, 0.3) is 0 Å². The monoisotopic (exact) mass is 228 g/mol. The van der Waals surface area contributed by atoms with E-state index in [0.29, 0.717) is 0 Å². The number of carbonyl (C=O) groups is 2. The van der Waals surface area contributed by atoms with Crippen molar-refractivity contribution in [2.75, 3.05) is 0 Å². The fourth-order valence-electron chi connectivity index (χ4n) is 1.38. The van der Waals surface area contributed by atoms with Gasteiger partial charge in [0, 0.05) is 0 Å². The van der Waals surface area contributed by atoms with Gasteiger partial charge in [-0.1, -0.05) is 38.3 Å². The smallest absolute Gasteiger partial charge is 0.310 e. The molecule has 1 atom stereocenters. The van der Waals surface area contributed by atoms with Gasteiger partial charge in [0.2, 0.25) is 0 Å². The minimum atomic E-state index is -1.08. The van der Waals surface area contributed by atoms with E-state index >= 15 is 0 Å². The second-order valence-electron chi connectivity index (χ2n) is 3.82. The van der Waals surface area contributed by atoms with Crippen LogP contribution in [-0.2, 0) is 9.59 Å². The minimum absolute atomic E-state index is 0.346. The molecule has 4 heteroatoms. The number of hydrogen-bond acceptors (Lipinski definition) is 2. The summed E-state index contributed by atoms with van der Waals surface area (Å²) in [4.78, 5) is 21.1. The molecule has 0 spiro atoms. The Morgan fingerprint density at radius 3 is 2.38 bits per heavy atom. The Morgan fingerprint density at radius 2 is 1.88 bits per heavy atom. The molecule has 0 rings (SSSR count). The lowest BCUT2D eigenvalue weighted by Crippen LogP contribution is -2.15. The maximum Gasteiger partial charge on any atom is 0.310 e. The van der Waals surface area contributed by atoms with Crippen molar-refractivity contribution in [1.29, 1.82) is 0 Å². The van der Waals surface area contributed by atoms with Gasteiger partial charge in [-0.15, -0.1) is 0 Å². The highest BCUT2D eigenvalue weighted by atomic mass is 16.4. The van der Waals surface area contributed by atoms with Gasteiger partial charge >= 0.3 is 11.9 Å². The van der Waals surface area contributed by atoms with Gasteiger partial charge in [0.05, 0.1) is 12.3 Å². The Balaban J connectivity index is 3.85. The first-order valence-electron chi connectivity index (χ1n) is 5.69. The topological polar surface area (TPSA) is 74.6 Å². The lowest BCUT2D eigenvalue weighted by Gasteiger charge is -2.03. The van der Waals surface area contributed by atoms with Crippen LogP contribution in [0.2, 0.25) is 0 Å². The summed E-state index contributed by atoms with van der Waals surface area (Å²) < 4.78 is 0. The van der Waals surface area contributed by atoms with Gasteiger partial charge in [-0.25, -0.2) is 0 Å². The summed E-state index contributed by atoms with van der Waals surface area (Å²) in [6.07, 6.45) is 8.26. The van der Waals surface area contributed by atoms with Gasteiger partial charge in [-0.2, -0.15) is 0 Å². The first-order valence-corrected chi connectivity index (χ1v) is 5.69. The molecule has 0 aliphatic rings. The fraction of sp³-hybridized carbons (Fsp3) is 0.667. The van der Waals surface area contributed by atoms with Gasteiger partial charge in [-0.3, -0.25) is 9.59 Å². The van der Waals surface area contributed by atoms with Crippen LogP contribution in [0.15, 0.2) is 12.2 Å². The SMILES string of the molecule is CCCCCC/C=C/[C@@H](CC(=O)O)C(=O)O. The number of hydrogen-bond donors (Lipinski definition) is 2. The highest BCUT2D eigenvalue weighted by molar-refractivity contribution is 5.79. The second-order valence-corrected chi connectivity index (χ2v) is 3.82. The van der Waals surface area contributed by atoms with E-state index in [2.05, 4.69) is 6.92 Å². The number of aliphatic carboxylic acids is 2. The van der Waals surface area contributed by atoms with Crippen LogP contribution in [0.1, 0.15) is 45.4 Å². The maximum atomic E-state index is 10.7. The molecule has 2 N–H and O–H groups in total. The molecule has 0 unspecified atom stereocenters. The zero-order valence-electron chi connectivity index (χ0n) is 9.69. The Morgan fingerprint density at radius 1 is 1.19 bits per heavy atom. The normalized spacial score (nSPS) is 12.8. The Labute approximate surface area is 96.0 Å². The van der Waals surface area contributed by atoms with E-state index in [0.717, 1.165) is 19.3 Å². The van der Waals surface area contributed by atoms with Crippen LogP contribution >= 0.6 is 0 Å². The average molecular weight is 228 g/mol. The number of rotatable bonds is 9. The molecular formula is C12H20O4. The Bertz CT molecular complexity index is 245. The third-order valence-electron chi connectivity index (χ3n) is 2.30. The zero-order chi connectivity index (χ0) is 12.4. The molecule has 16 heavy (non-hydrogen) atoms. The van der Waals surface area contributed by atoms with Gasteiger partial charge < -0.3 is 10.2 Å². The molecule has 0 bridgehead atoms. The number of unbranched alkanes of at least 4 members (excludes halogenated alkanes) is 4. The molecule has 0 saturated heterocycles. The van der Waals surface area contributed by atoms with E-state index in [1.807, 2.05) is 0 Å². The van der Waals surface area contributed by atoms with Crippen LogP contribution in [0.5, 0.6) is 0 Å². The molecular weight excluding hydrogens is 208 g/mol. The summed E-state index contributed by atoms with van der Waals surface area (Å²) in [5.41, 5.74) is 0. The van der Waals surface area contributed by atoms with E-state index < -0.39 is 17.9 Å². The molecule has 0 aliphatic heterocycles. The van der Waals surface area contributed by atoms with Gasteiger partial charge in [0.15, 0.2) is 0 Å². The lowest BCUT2D eigenvalue weighted by molar-refractivity contribution is -0.146. The van der Waals surface area contributed by atoms with Crippen molar-refractivity contribution in [3.63, 3.8) is 0 Å². The average Bonchev–Trinajstić information content (AvgIpc) is 2.20. The molecule has 0 heterocycles. The molecule has 0 aromatic rings. The van der Waals surface area contributed by atoms with Crippen LogP contribution in [0.25, 0.3) is 0 Å². The number of allylic oxidation sites excluding steroid dienone is 1. The van der Waals surface area contributed by atoms with Crippen molar-refractivity contribution in [1.82, 2.24) is 0 Å². The van der Waals surface area contributed by atoms with E-state index in [-0.39, 0.29) is 6.42 Å². The predicted octanol–water partition coefficient (Wildman–Crippen LogP) is 2.69. The molecule has 4 nitrogen and oxygen atoms in total. The van der Waals surface area contributed by atoms with E-state index in [1.54, 1.807) is 6.08 Å². The third-order valence-corrected chi connectivity index (χ3v) is 2.30. The van der Waals surface area contributed by atoms with Crippen LogP contribution in [0, 0.1) is 5.92 Å². The molecule has 0 aliphatic carbocycles. The molecule has 0 amide bonds. The molecule has 92 valence electrons. The standard InChI is InChI=1S/C12H20O4/c1-2-3-4-5-6-7-8-10(12(15)16)9-11(13)14/h7-8,10H,2-6,9H2,1H3,(H,13,14)(H,15,16)/b8-7+/t10-/m0/s1. The summed E-state index contributed by atoms with van der Waals surface area (Å²) in [7, 11) is 0. The largest absolute Gasteiger partial charge is 0.481 e. The molecule has 0 fully saturated rings. The van der Waals surface area contributed by atoms with Crippen LogP contribution in [0.3, 0.4) is 0 Å². The first-order chi connectivity index (χ1) is 7.57. The molecule has 0 aromatic heterocycles. The van der Waals surface area contributed by atoms with Gasteiger partial charge in [-0.05, 0) is 12.8 Å². The third kappa shape index (κ3) is 8.03. The number of carboxylic acids is 2. The van der Waals surface area contributed by atoms with Crippen molar-refractivity contribution in [2.45, 2.75) is 45.4 Å². The van der Waals surface area contributed by atoms with Crippen molar-refractivity contribution >= 4 is 11.9 Å². The number of carboxylic acid groups (broad SMARTS) is 2. The van der Waals surface area contributed by atoms with Crippen molar-refractivity contribution in [3.05, 3.63) is 12.2 Å². The highest BCUT2D eigenvalue weighted by Crippen LogP contribution is 2.08. The van der Waals surface area contributed by atoms with E-state index in [1.165, 1.54) is 18.9 Å². The Hall–Kier alpha value is -1.32. The summed E-state index contributed by atoms with van der Waals surface area (Å²) in [6.45, 7) is 2.13. The van der Waals surface area contributed by atoms with Crippen LogP contribution < -0.4 is 0 Å². The molecule has 0 radical (unpaired) electrons. The molecule has 0 aromatic carbocycles. The van der Waals surface area contributed by atoms with Gasteiger partial charge in [0.1, 0.15) is 0 Å². The first kappa shape index (κ1) is 14.7. The van der Waals surface area contributed by atoms with Crippen molar-refractivity contribution in [3.8, 4) is 0 Å². The lowest BCUT2D eigenvalue weighted by atomic mass is 10.0. The summed E-state index contributed by atoms with van der Waals surface area (Å²) in [5.74, 6) is -3.06. The second kappa shape index (κ2) is 8.95. The van der Waals surface area contributed by atoms with E-state index in [9.17, 15) is 9.59 Å². The predicted molar refractivity (Wildman–Crippen MR) is 61.3 cm³/mol. The maximum absolute atomic E-state index is 10.7. The highest BCUT2D eigenvalue weighted by Gasteiger charge is 2.17. The van der Waals surface area contributed by atoms with Crippen LogP contribution in [0.4, 0.5) is 0 Å². The summed E-state index contributed by atoms with van der Waals surface area (Å²) >= 11 is 0.